The third kappa shape index (κ3) is 1.70. The highest BCUT2D eigenvalue weighted by Crippen LogP contribution is 2.57. The summed E-state index contributed by atoms with van der Waals surface area (Å²) in [6.45, 7) is 0. The second-order valence-corrected chi connectivity index (χ2v) is 5.66. The molecule has 2 atom stereocenters. The van der Waals surface area contributed by atoms with Gasteiger partial charge in [0.2, 0.25) is 0 Å². The highest BCUT2D eigenvalue weighted by Gasteiger charge is 2.66. The third-order valence-electron chi connectivity index (χ3n) is 4.50. The number of ketones is 1. The first-order valence-corrected chi connectivity index (χ1v) is 7.22. The molecule has 2 aliphatic rings. The lowest BCUT2D eigenvalue weighted by atomic mass is 9.95. The molecule has 0 radical (unpaired) electrons. The average molecular weight is 296 g/mol. The van der Waals surface area contributed by atoms with Gasteiger partial charge in [0, 0.05) is 12.0 Å². The van der Waals surface area contributed by atoms with Gasteiger partial charge in [-0.25, -0.2) is 0 Å². The number of rotatable bonds is 3. The summed E-state index contributed by atoms with van der Waals surface area (Å²) in [5.74, 6) is 1.40. The van der Waals surface area contributed by atoms with Crippen LogP contribution in [0.4, 0.5) is 0 Å². The number of carbonyl (C=O) groups excluding carboxylic acids is 1. The van der Waals surface area contributed by atoms with Crippen LogP contribution in [0.2, 0.25) is 0 Å². The lowest BCUT2D eigenvalue weighted by molar-refractivity contribution is 0.0894. The minimum atomic E-state index is -0.719. The van der Waals surface area contributed by atoms with Gasteiger partial charge in [0.15, 0.2) is 22.9 Å². The summed E-state index contributed by atoms with van der Waals surface area (Å²) in [5, 5.41) is 0. The second-order valence-electron chi connectivity index (χ2n) is 5.66. The van der Waals surface area contributed by atoms with Gasteiger partial charge in [-0.05, 0) is 23.3 Å². The van der Waals surface area contributed by atoms with E-state index in [4.69, 9.17) is 14.2 Å². The van der Waals surface area contributed by atoms with Crippen LogP contribution >= 0.6 is 0 Å². The first kappa shape index (κ1) is 13.3. The van der Waals surface area contributed by atoms with E-state index < -0.39 is 5.60 Å². The number of hydrogen-bond acceptors (Lipinski definition) is 4. The first-order chi connectivity index (χ1) is 10.7. The number of benzene rings is 2. The Hall–Kier alpha value is -2.33. The van der Waals surface area contributed by atoms with E-state index in [9.17, 15) is 4.79 Å². The molecule has 1 heterocycles. The van der Waals surface area contributed by atoms with E-state index in [1.165, 1.54) is 0 Å². The molecule has 1 aliphatic carbocycles. The Labute approximate surface area is 128 Å². The van der Waals surface area contributed by atoms with Crippen LogP contribution in [-0.4, -0.2) is 25.6 Å². The Morgan fingerprint density at radius 3 is 2.59 bits per heavy atom. The number of methoxy groups -OCH3 is 2. The molecule has 112 valence electrons. The van der Waals surface area contributed by atoms with Gasteiger partial charge in [0.1, 0.15) is 6.10 Å². The van der Waals surface area contributed by atoms with E-state index in [0.717, 1.165) is 16.7 Å². The van der Waals surface area contributed by atoms with Crippen molar-refractivity contribution in [1.82, 2.24) is 0 Å². The highest BCUT2D eigenvalue weighted by atomic mass is 16.6. The van der Waals surface area contributed by atoms with Crippen molar-refractivity contribution in [2.24, 2.45) is 0 Å². The topological polar surface area (TPSA) is 48.1 Å². The summed E-state index contributed by atoms with van der Waals surface area (Å²) in [6.07, 6.45) is 0.424. The maximum atomic E-state index is 12.7. The second kappa shape index (κ2) is 4.58. The Morgan fingerprint density at radius 1 is 1.09 bits per heavy atom. The third-order valence-corrected chi connectivity index (χ3v) is 4.50. The Balaban J connectivity index is 1.67. The summed E-state index contributed by atoms with van der Waals surface area (Å²) < 4.78 is 16.4. The highest BCUT2D eigenvalue weighted by molar-refractivity contribution is 6.09. The van der Waals surface area contributed by atoms with Crippen LogP contribution in [0.25, 0.3) is 0 Å². The quantitative estimate of drug-likeness (QED) is 0.817. The maximum absolute atomic E-state index is 12.7. The zero-order valence-corrected chi connectivity index (χ0v) is 12.5. The van der Waals surface area contributed by atoms with E-state index in [1.54, 1.807) is 14.2 Å². The molecule has 1 spiro atoms. The minimum Gasteiger partial charge on any atom is -0.493 e. The van der Waals surface area contributed by atoms with E-state index in [-0.39, 0.29) is 11.9 Å². The molecular formula is C18H16O4. The maximum Gasteiger partial charge on any atom is 0.198 e. The normalized spacial score (nSPS) is 25.2. The van der Waals surface area contributed by atoms with Gasteiger partial charge < -0.3 is 14.2 Å². The number of fused-ring (bicyclic) bond motifs is 1. The van der Waals surface area contributed by atoms with Crippen LogP contribution in [0.1, 0.15) is 27.6 Å². The molecule has 1 aliphatic heterocycles. The minimum absolute atomic E-state index is 0.0860. The van der Waals surface area contributed by atoms with Crippen LogP contribution < -0.4 is 9.47 Å². The van der Waals surface area contributed by atoms with E-state index >= 15 is 0 Å². The summed E-state index contributed by atoms with van der Waals surface area (Å²) in [7, 11) is 3.20. The van der Waals surface area contributed by atoms with Gasteiger partial charge >= 0.3 is 0 Å². The lowest BCUT2D eigenvalue weighted by Crippen LogP contribution is -2.20. The summed E-state index contributed by atoms with van der Waals surface area (Å²) in [5.41, 5.74) is 2.07. The van der Waals surface area contributed by atoms with E-state index in [0.29, 0.717) is 17.9 Å². The van der Waals surface area contributed by atoms with Crippen LogP contribution in [0.3, 0.4) is 0 Å². The summed E-state index contributed by atoms with van der Waals surface area (Å²) in [4.78, 5) is 12.7. The van der Waals surface area contributed by atoms with Crippen molar-refractivity contribution < 1.29 is 19.0 Å². The molecule has 4 nitrogen and oxygen atoms in total. The zero-order chi connectivity index (χ0) is 15.3. The van der Waals surface area contributed by atoms with Crippen molar-refractivity contribution in [2.75, 3.05) is 14.2 Å². The van der Waals surface area contributed by atoms with Gasteiger partial charge in [-0.2, -0.15) is 0 Å². The fourth-order valence-corrected chi connectivity index (χ4v) is 3.32. The van der Waals surface area contributed by atoms with E-state index in [1.807, 2.05) is 42.5 Å². The number of epoxide rings is 1. The monoisotopic (exact) mass is 296 g/mol. The average Bonchev–Trinajstić information content (AvgIpc) is 3.21. The molecule has 2 aromatic carbocycles. The van der Waals surface area contributed by atoms with Crippen molar-refractivity contribution in [2.45, 2.75) is 18.1 Å². The molecule has 0 saturated carbocycles. The molecule has 4 heteroatoms. The molecule has 1 saturated heterocycles. The SMILES string of the molecule is COc1ccc([C@@H]2O[C@@]23Cc2ccccc2C3=O)cc1OC. The standard InChI is InChI=1S/C18H16O4/c1-20-14-8-7-11(9-15(14)21-2)17-18(22-17)10-12-5-3-4-6-13(12)16(18)19/h3-9,17H,10H2,1-2H3/t17-,18+/m0/s1. The zero-order valence-electron chi connectivity index (χ0n) is 12.5. The van der Waals surface area contributed by atoms with Crippen molar-refractivity contribution >= 4 is 5.78 Å². The van der Waals surface area contributed by atoms with Crippen molar-refractivity contribution in [3.05, 3.63) is 59.2 Å². The molecule has 22 heavy (non-hydrogen) atoms. The number of hydrogen-bond donors (Lipinski definition) is 0. The first-order valence-electron chi connectivity index (χ1n) is 7.22. The van der Waals surface area contributed by atoms with Crippen LogP contribution in [0, 0.1) is 0 Å². The van der Waals surface area contributed by atoms with Crippen LogP contribution in [0.15, 0.2) is 42.5 Å². The Bertz CT molecular complexity index is 767. The van der Waals surface area contributed by atoms with Crippen molar-refractivity contribution in [1.29, 1.82) is 0 Å². The lowest BCUT2D eigenvalue weighted by Gasteiger charge is -2.09. The summed E-state index contributed by atoms with van der Waals surface area (Å²) in [6, 6.07) is 13.4. The molecule has 2 aromatic rings. The van der Waals surface area contributed by atoms with Crippen molar-refractivity contribution in [3.63, 3.8) is 0 Å². The fourth-order valence-electron chi connectivity index (χ4n) is 3.32. The van der Waals surface area contributed by atoms with Gasteiger partial charge in [-0.1, -0.05) is 30.3 Å². The predicted molar refractivity (Wildman–Crippen MR) is 80.6 cm³/mol. The van der Waals surface area contributed by atoms with Gasteiger partial charge in [-0.3, -0.25) is 4.79 Å². The Kier molecular flexibility index (Phi) is 2.78. The molecule has 0 bridgehead atoms. The molecule has 0 unspecified atom stereocenters. The van der Waals surface area contributed by atoms with Crippen LogP contribution in [0.5, 0.6) is 11.5 Å². The molecular weight excluding hydrogens is 280 g/mol. The van der Waals surface area contributed by atoms with Gasteiger partial charge in [0.25, 0.3) is 0 Å². The molecule has 0 N–H and O–H groups in total. The predicted octanol–water partition coefficient (Wildman–Crippen LogP) is 2.95. The molecule has 4 rings (SSSR count). The number of carbonyl (C=O) groups is 1. The van der Waals surface area contributed by atoms with Gasteiger partial charge in [-0.15, -0.1) is 0 Å². The van der Waals surface area contributed by atoms with Crippen LogP contribution in [-0.2, 0) is 11.2 Å². The largest absolute Gasteiger partial charge is 0.493 e. The van der Waals surface area contributed by atoms with Crippen molar-refractivity contribution in [3.8, 4) is 11.5 Å². The molecule has 0 amide bonds. The summed E-state index contributed by atoms with van der Waals surface area (Å²) >= 11 is 0. The number of Topliss-reactive ketones (excluding diaryl/α,β-unsaturated/α-hetero) is 1. The molecule has 0 aromatic heterocycles. The number of ether oxygens (including phenoxy) is 3. The van der Waals surface area contributed by atoms with E-state index in [2.05, 4.69) is 0 Å². The molecule has 1 fully saturated rings. The Morgan fingerprint density at radius 2 is 1.86 bits per heavy atom. The fraction of sp³-hybridized carbons (Fsp3) is 0.278. The van der Waals surface area contributed by atoms with Gasteiger partial charge in [0.05, 0.1) is 14.2 Å². The smallest absolute Gasteiger partial charge is 0.198 e.